The SMILES string of the molecule is CN(N)/C=C\N.Cc1cc(Cl)ccc1C1(O)CCNCC1. The van der Waals surface area contributed by atoms with Crippen molar-refractivity contribution in [2.24, 2.45) is 11.6 Å². The Morgan fingerprint density at radius 1 is 1.38 bits per heavy atom. The second-order valence-corrected chi connectivity index (χ2v) is 5.68. The van der Waals surface area contributed by atoms with E-state index in [1.54, 1.807) is 13.2 Å². The van der Waals surface area contributed by atoms with Crippen LogP contribution in [0.4, 0.5) is 0 Å². The highest BCUT2D eigenvalue weighted by atomic mass is 35.5. The molecule has 6 N–H and O–H groups in total. The van der Waals surface area contributed by atoms with Crippen LogP contribution in [0.3, 0.4) is 0 Å². The van der Waals surface area contributed by atoms with Gasteiger partial charge in [-0.2, -0.15) is 0 Å². The standard InChI is InChI=1S/C12H16ClNO.C3H9N3/c1-9-8-10(13)2-3-11(9)12(15)4-6-14-7-5-12;1-6(5)3-2-4/h2-3,8,14-15H,4-7H2,1H3;2-3H,4-5H2,1H3/b;3-2-. The summed E-state index contributed by atoms with van der Waals surface area (Å²) in [5.74, 6) is 5.07. The Bertz CT molecular complexity index is 471. The number of hydrazine groups is 1. The summed E-state index contributed by atoms with van der Waals surface area (Å²) in [7, 11) is 1.70. The Kier molecular flexibility index (Phi) is 6.98. The molecule has 0 unspecified atom stereocenters. The Labute approximate surface area is 131 Å². The highest BCUT2D eigenvalue weighted by Gasteiger charge is 2.32. The van der Waals surface area contributed by atoms with Crippen LogP contribution in [0.15, 0.2) is 30.6 Å². The van der Waals surface area contributed by atoms with Crippen molar-refractivity contribution in [3.05, 3.63) is 46.7 Å². The van der Waals surface area contributed by atoms with Crippen molar-refractivity contribution >= 4 is 11.6 Å². The first-order valence-electron chi connectivity index (χ1n) is 6.95. The van der Waals surface area contributed by atoms with Crippen molar-refractivity contribution in [2.75, 3.05) is 20.1 Å². The summed E-state index contributed by atoms with van der Waals surface area (Å²) < 4.78 is 0. The number of hydrogen-bond acceptors (Lipinski definition) is 5. The summed E-state index contributed by atoms with van der Waals surface area (Å²) in [4.78, 5) is 0. The molecule has 1 fully saturated rings. The lowest BCUT2D eigenvalue weighted by atomic mass is 9.83. The van der Waals surface area contributed by atoms with Gasteiger partial charge in [0, 0.05) is 24.5 Å². The molecule has 1 aliphatic rings. The monoisotopic (exact) mass is 312 g/mol. The van der Waals surface area contributed by atoms with Crippen LogP contribution in [0.25, 0.3) is 0 Å². The molecule has 2 rings (SSSR count). The Balaban J connectivity index is 0.000000315. The second kappa shape index (κ2) is 8.24. The summed E-state index contributed by atoms with van der Waals surface area (Å²) in [6.07, 6.45) is 4.48. The third-order valence-electron chi connectivity index (χ3n) is 3.44. The zero-order valence-corrected chi connectivity index (χ0v) is 13.4. The lowest BCUT2D eigenvalue weighted by Gasteiger charge is -2.34. The molecule has 0 bridgehead atoms. The van der Waals surface area contributed by atoms with Crippen LogP contribution in [0.5, 0.6) is 0 Å². The van der Waals surface area contributed by atoms with Gasteiger partial charge in [-0.1, -0.05) is 17.7 Å². The Hall–Kier alpha value is -1.27. The molecular weight excluding hydrogens is 288 g/mol. The highest BCUT2D eigenvalue weighted by Crippen LogP contribution is 2.33. The molecule has 1 aromatic rings. The van der Waals surface area contributed by atoms with Gasteiger partial charge in [-0.3, -0.25) is 0 Å². The van der Waals surface area contributed by atoms with Crippen LogP contribution in [-0.4, -0.2) is 30.3 Å². The van der Waals surface area contributed by atoms with E-state index in [0.717, 1.165) is 42.1 Å². The fraction of sp³-hybridized carbons (Fsp3) is 0.467. The number of piperidine rings is 1. The van der Waals surface area contributed by atoms with Crippen LogP contribution in [-0.2, 0) is 5.60 Å². The molecule has 21 heavy (non-hydrogen) atoms. The number of rotatable bonds is 2. The van der Waals surface area contributed by atoms with E-state index in [9.17, 15) is 5.11 Å². The van der Waals surface area contributed by atoms with E-state index >= 15 is 0 Å². The van der Waals surface area contributed by atoms with E-state index in [4.69, 9.17) is 23.2 Å². The summed E-state index contributed by atoms with van der Waals surface area (Å²) in [5, 5.41) is 15.9. The summed E-state index contributed by atoms with van der Waals surface area (Å²) in [5.41, 5.74) is 6.36. The van der Waals surface area contributed by atoms with Crippen molar-refractivity contribution in [3.8, 4) is 0 Å². The van der Waals surface area contributed by atoms with Gasteiger partial charge in [-0.05, 0) is 56.1 Å². The zero-order chi connectivity index (χ0) is 15.9. The van der Waals surface area contributed by atoms with E-state index in [1.165, 1.54) is 11.2 Å². The number of hydrogen-bond donors (Lipinski definition) is 4. The number of nitrogens with one attached hydrogen (secondary N) is 1. The zero-order valence-electron chi connectivity index (χ0n) is 12.6. The van der Waals surface area contributed by atoms with E-state index in [-0.39, 0.29) is 0 Å². The largest absolute Gasteiger partial charge is 0.403 e. The van der Waals surface area contributed by atoms with Gasteiger partial charge < -0.3 is 21.2 Å². The maximum atomic E-state index is 10.5. The van der Waals surface area contributed by atoms with Crippen molar-refractivity contribution in [1.82, 2.24) is 10.3 Å². The first-order chi connectivity index (χ1) is 9.89. The Morgan fingerprint density at radius 2 is 2.00 bits per heavy atom. The van der Waals surface area contributed by atoms with Crippen molar-refractivity contribution < 1.29 is 5.11 Å². The van der Waals surface area contributed by atoms with E-state index in [0.29, 0.717) is 0 Å². The molecule has 0 amide bonds. The van der Waals surface area contributed by atoms with Gasteiger partial charge >= 0.3 is 0 Å². The number of aryl methyl sites for hydroxylation is 1. The van der Waals surface area contributed by atoms with Crippen LogP contribution in [0.2, 0.25) is 5.02 Å². The lowest BCUT2D eigenvalue weighted by Crippen LogP contribution is -2.40. The smallest absolute Gasteiger partial charge is 0.0923 e. The van der Waals surface area contributed by atoms with Crippen LogP contribution in [0, 0.1) is 6.92 Å². The fourth-order valence-electron chi connectivity index (χ4n) is 2.39. The molecule has 1 aliphatic heterocycles. The number of nitrogens with two attached hydrogens (primary N) is 2. The number of halogens is 1. The average Bonchev–Trinajstić information content (AvgIpc) is 2.39. The third kappa shape index (κ3) is 5.55. The molecule has 0 radical (unpaired) electrons. The molecule has 0 aromatic heterocycles. The van der Waals surface area contributed by atoms with Crippen molar-refractivity contribution in [3.63, 3.8) is 0 Å². The molecule has 1 saturated heterocycles. The molecular formula is C15H25ClN4O. The molecule has 0 atom stereocenters. The van der Waals surface area contributed by atoms with Crippen LogP contribution >= 0.6 is 11.6 Å². The summed E-state index contributed by atoms with van der Waals surface area (Å²) in [6, 6.07) is 5.71. The highest BCUT2D eigenvalue weighted by molar-refractivity contribution is 6.30. The predicted molar refractivity (Wildman–Crippen MR) is 87.5 cm³/mol. The molecule has 0 spiro atoms. The lowest BCUT2D eigenvalue weighted by molar-refractivity contribution is 0.00539. The average molecular weight is 313 g/mol. The topological polar surface area (TPSA) is 87.5 Å². The molecule has 5 nitrogen and oxygen atoms in total. The minimum absolute atomic E-state index is 0.667. The predicted octanol–water partition coefficient (Wildman–Crippen LogP) is 1.44. The first-order valence-corrected chi connectivity index (χ1v) is 7.32. The normalized spacial score (nSPS) is 17.2. The number of nitrogens with zero attached hydrogens (tertiary/aromatic N) is 1. The van der Waals surface area contributed by atoms with Crippen molar-refractivity contribution in [1.29, 1.82) is 0 Å². The minimum atomic E-state index is -0.667. The first kappa shape index (κ1) is 17.8. The molecule has 0 aliphatic carbocycles. The molecule has 1 aromatic carbocycles. The minimum Gasteiger partial charge on any atom is -0.403 e. The quantitative estimate of drug-likeness (QED) is 0.490. The summed E-state index contributed by atoms with van der Waals surface area (Å²) >= 11 is 5.91. The van der Waals surface area contributed by atoms with Crippen molar-refractivity contribution in [2.45, 2.75) is 25.4 Å². The van der Waals surface area contributed by atoms with Gasteiger partial charge in [0.1, 0.15) is 0 Å². The maximum absolute atomic E-state index is 10.5. The second-order valence-electron chi connectivity index (χ2n) is 5.25. The van der Waals surface area contributed by atoms with Gasteiger partial charge in [0.25, 0.3) is 0 Å². The van der Waals surface area contributed by atoms with E-state index in [1.807, 2.05) is 25.1 Å². The number of aliphatic hydroxyl groups is 1. The fourth-order valence-corrected chi connectivity index (χ4v) is 2.62. The maximum Gasteiger partial charge on any atom is 0.0923 e. The van der Waals surface area contributed by atoms with E-state index < -0.39 is 5.60 Å². The number of benzene rings is 1. The van der Waals surface area contributed by atoms with Gasteiger partial charge in [0.15, 0.2) is 0 Å². The van der Waals surface area contributed by atoms with Gasteiger partial charge in [0.2, 0.25) is 0 Å². The molecule has 1 heterocycles. The Morgan fingerprint density at radius 3 is 2.43 bits per heavy atom. The van der Waals surface area contributed by atoms with Gasteiger partial charge in [-0.15, -0.1) is 0 Å². The van der Waals surface area contributed by atoms with E-state index in [2.05, 4.69) is 5.32 Å². The van der Waals surface area contributed by atoms with Crippen LogP contribution < -0.4 is 16.9 Å². The van der Waals surface area contributed by atoms with Gasteiger partial charge in [0.05, 0.1) is 5.60 Å². The van der Waals surface area contributed by atoms with Crippen LogP contribution in [0.1, 0.15) is 24.0 Å². The van der Waals surface area contributed by atoms with Gasteiger partial charge in [-0.25, -0.2) is 5.84 Å². The molecule has 6 heteroatoms. The summed E-state index contributed by atoms with van der Waals surface area (Å²) in [6.45, 7) is 3.75. The molecule has 118 valence electrons. The third-order valence-corrected chi connectivity index (χ3v) is 3.68. The molecule has 0 saturated carbocycles.